The predicted molar refractivity (Wildman–Crippen MR) is 85.4 cm³/mol. The molecule has 2 aromatic rings. The highest BCUT2D eigenvalue weighted by Gasteiger charge is 2.56. The van der Waals surface area contributed by atoms with Gasteiger partial charge in [-0.15, -0.1) is 0 Å². The number of alkyl halides is 1. The van der Waals surface area contributed by atoms with Crippen molar-refractivity contribution >= 4 is 28.6 Å². The second kappa shape index (κ2) is 5.54. The molecule has 1 amide bonds. The average molecular weight is 372 g/mol. The number of piperidine rings is 1. The topological polar surface area (TPSA) is 67.6 Å². The van der Waals surface area contributed by atoms with Crippen LogP contribution in [0.1, 0.15) is 24.5 Å². The number of aromatic nitrogens is 2. The molecule has 9 heteroatoms. The quantitative estimate of drug-likeness (QED) is 0.836. The van der Waals surface area contributed by atoms with Gasteiger partial charge in [0.15, 0.2) is 0 Å². The second-order valence-corrected chi connectivity index (χ2v) is 6.85. The van der Waals surface area contributed by atoms with Gasteiger partial charge in [-0.25, -0.2) is 18.3 Å². The van der Waals surface area contributed by atoms with Gasteiger partial charge in [0.1, 0.15) is 11.9 Å². The Balaban J connectivity index is 1.72. The first-order chi connectivity index (χ1) is 11.9. The lowest BCUT2D eigenvalue weighted by molar-refractivity contribution is -0.123. The first-order valence-electron chi connectivity index (χ1n) is 7.95. The zero-order valence-electron chi connectivity index (χ0n) is 13.4. The van der Waals surface area contributed by atoms with E-state index in [1.165, 1.54) is 24.3 Å². The Hall–Kier alpha value is -1.93. The fraction of sp³-hybridized carbons (Fsp3) is 0.500. The van der Waals surface area contributed by atoms with Crippen molar-refractivity contribution in [3.63, 3.8) is 0 Å². The van der Waals surface area contributed by atoms with Gasteiger partial charge in [-0.05, 0) is 18.9 Å². The van der Waals surface area contributed by atoms with E-state index in [4.69, 9.17) is 11.6 Å². The van der Waals surface area contributed by atoms with Gasteiger partial charge >= 0.3 is 6.09 Å². The van der Waals surface area contributed by atoms with Gasteiger partial charge in [0, 0.05) is 30.0 Å². The predicted octanol–water partition coefficient (Wildman–Crippen LogP) is 2.98. The highest BCUT2D eigenvalue weighted by atomic mass is 35.5. The molecule has 0 radical (unpaired) electrons. The van der Waals surface area contributed by atoms with Crippen LogP contribution in [0.2, 0.25) is 5.02 Å². The van der Waals surface area contributed by atoms with Crippen LogP contribution in [0.15, 0.2) is 12.3 Å². The number of aliphatic hydroxyl groups is 1. The smallest absolute Gasteiger partial charge is 0.409 e. The van der Waals surface area contributed by atoms with Gasteiger partial charge in [0.05, 0.1) is 23.8 Å². The van der Waals surface area contributed by atoms with Crippen molar-refractivity contribution in [2.45, 2.75) is 24.7 Å². The minimum atomic E-state index is -2.28. The summed E-state index contributed by atoms with van der Waals surface area (Å²) in [6, 6.07) is 1.37. The summed E-state index contributed by atoms with van der Waals surface area (Å²) in [6.45, 7) is 0.583. The molecule has 0 spiro atoms. The molecule has 2 unspecified atom stereocenters. The van der Waals surface area contributed by atoms with Crippen molar-refractivity contribution in [1.29, 1.82) is 0 Å². The van der Waals surface area contributed by atoms with Crippen molar-refractivity contribution in [1.82, 2.24) is 14.7 Å². The van der Waals surface area contributed by atoms with Gasteiger partial charge in [-0.2, -0.15) is 5.10 Å². The summed E-state index contributed by atoms with van der Waals surface area (Å²) in [5.74, 6) is -3.73. The third-order valence-electron chi connectivity index (χ3n) is 5.26. The molecule has 2 aliphatic heterocycles. The summed E-state index contributed by atoms with van der Waals surface area (Å²) in [5.41, 5.74) is 0.0743. The SMILES string of the molecule is COC(=O)N1CCC(C2(F)C(O)c3c(F)c(Cl)cc4cnn2c34)CC1. The van der Waals surface area contributed by atoms with Gasteiger partial charge in [-0.1, -0.05) is 11.6 Å². The third-order valence-corrected chi connectivity index (χ3v) is 5.54. The molecule has 4 rings (SSSR count). The number of methoxy groups -OCH3 is 1. The molecule has 1 fully saturated rings. The van der Waals surface area contributed by atoms with Crippen LogP contribution in [-0.2, 0) is 10.5 Å². The number of hydrogen-bond acceptors (Lipinski definition) is 4. The maximum atomic E-state index is 16.0. The van der Waals surface area contributed by atoms with E-state index in [-0.39, 0.29) is 16.1 Å². The van der Waals surface area contributed by atoms with Crippen molar-refractivity contribution < 1.29 is 23.4 Å². The van der Waals surface area contributed by atoms with Crippen LogP contribution in [0, 0.1) is 11.7 Å². The lowest BCUT2D eigenvalue weighted by atomic mass is 9.83. The molecule has 2 atom stereocenters. The summed E-state index contributed by atoms with van der Waals surface area (Å²) in [5, 5.41) is 15.0. The minimum absolute atomic E-state index is 0.155. The summed E-state index contributed by atoms with van der Waals surface area (Å²) >= 11 is 5.86. The van der Waals surface area contributed by atoms with Crippen LogP contribution in [0.5, 0.6) is 0 Å². The van der Waals surface area contributed by atoms with Gasteiger partial charge in [0.25, 0.3) is 0 Å². The standard InChI is InChI=1S/C16H16ClF2N3O3/c1-25-15(24)21-4-2-9(3-5-21)16(19)14(23)11-12(18)10(17)6-8-7-20-22(16)13(8)11/h6-7,9,14,23H,2-5H2,1H3. The van der Waals surface area contributed by atoms with E-state index >= 15 is 4.39 Å². The maximum Gasteiger partial charge on any atom is 0.409 e. The number of ether oxygens (including phenoxy) is 1. The molecule has 0 bridgehead atoms. The third kappa shape index (κ3) is 2.10. The second-order valence-electron chi connectivity index (χ2n) is 6.44. The summed E-state index contributed by atoms with van der Waals surface area (Å²) in [6.07, 6.45) is -0.165. The van der Waals surface area contributed by atoms with Crippen molar-refractivity contribution in [2.75, 3.05) is 20.2 Å². The number of carbonyl (C=O) groups is 1. The normalized spacial score (nSPS) is 26.4. The number of halogens is 3. The largest absolute Gasteiger partial charge is 0.453 e. The molecule has 1 saturated heterocycles. The number of nitrogens with zero attached hydrogens (tertiary/aromatic N) is 3. The molecular weight excluding hydrogens is 356 g/mol. The van der Waals surface area contributed by atoms with Crippen molar-refractivity contribution in [3.8, 4) is 0 Å². The van der Waals surface area contributed by atoms with Crippen molar-refractivity contribution in [2.24, 2.45) is 5.92 Å². The van der Waals surface area contributed by atoms with E-state index in [1.54, 1.807) is 0 Å². The molecule has 6 nitrogen and oxygen atoms in total. The molecule has 3 heterocycles. The Labute approximate surface area is 146 Å². The Morgan fingerprint density at radius 1 is 1.48 bits per heavy atom. The Morgan fingerprint density at radius 2 is 2.16 bits per heavy atom. The first-order valence-corrected chi connectivity index (χ1v) is 8.33. The summed E-state index contributed by atoms with van der Waals surface area (Å²) in [4.78, 5) is 13.1. The van der Waals surface area contributed by atoms with Crippen LogP contribution in [0.3, 0.4) is 0 Å². The monoisotopic (exact) mass is 371 g/mol. The fourth-order valence-corrected chi connectivity index (χ4v) is 4.21. The molecule has 1 aromatic heterocycles. The number of likely N-dealkylation sites (tertiary alicyclic amines) is 1. The number of rotatable bonds is 1. The minimum Gasteiger partial charge on any atom is -0.453 e. The molecule has 25 heavy (non-hydrogen) atoms. The highest BCUT2D eigenvalue weighted by Crippen LogP contribution is 2.53. The molecule has 1 aromatic carbocycles. The number of aliphatic hydroxyl groups excluding tert-OH is 1. The van der Waals surface area contributed by atoms with E-state index in [2.05, 4.69) is 9.84 Å². The summed E-state index contributed by atoms with van der Waals surface area (Å²) in [7, 11) is 1.29. The molecular formula is C16H16ClF2N3O3. The molecule has 0 aliphatic carbocycles. The molecule has 0 saturated carbocycles. The van der Waals surface area contributed by atoms with Crippen LogP contribution >= 0.6 is 11.6 Å². The Morgan fingerprint density at radius 3 is 2.80 bits per heavy atom. The number of carbonyl (C=O) groups excluding carboxylic acids is 1. The van der Waals surface area contributed by atoms with Crippen molar-refractivity contribution in [3.05, 3.63) is 28.7 Å². The Bertz CT molecular complexity index is 866. The van der Waals surface area contributed by atoms with E-state index < -0.39 is 29.7 Å². The van der Waals surface area contributed by atoms with Crippen LogP contribution in [0.25, 0.3) is 10.9 Å². The van der Waals surface area contributed by atoms with Gasteiger partial charge < -0.3 is 14.7 Å². The summed E-state index contributed by atoms with van der Waals surface area (Å²) < 4.78 is 36.2. The lowest BCUT2D eigenvalue weighted by Gasteiger charge is -2.39. The first kappa shape index (κ1) is 16.5. The Kier molecular flexibility index (Phi) is 3.66. The average Bonchev–Trinajstić information content (AvgIpc) is 3.13. The molecule has 2 aliphatic rings. The van der Waals surface area contributed by atoms with Crippen LogP contribution < -0.4 is 0 Å². The van der Waals surface area contributed by atoms with E-state index in [0.717, 1.165) is 4.68 Å². The van der Waals surface area contributed by atoms with E-state index in [0.29, 0.717) is 31.3 Å². The lowest BCUT2D eigenvalue weighted by Crippen LogP contribution is -2.47. The zero-order chi connectivity index (χ0) is 17.9. The van der Waals surface area contributed by atoms with Gasteiger partial charge in [-0.3, -0.25) is 0 Å². The highest BCUT2D eigenvalue weighted by molar-refractivity contribution is 6.31. The van der Waals surface area contributed by atoms with Crippen LogP contribution in [0.4, 0.5) is 13.6 Å². The van der Waals surface area contributed by atoms with Crippen LogP contribution in [-0.4, -0.2) is 46.1 Å². The molecule has 1 N–H and O–H groups in total. The fourth-order valence-electron chi connectivity index (χ4n) is 3.99. The number of hydrogen-bond donors (Lipinski definition) is 1. The number of benzene rings is 1. The molecule has 134 valence electrons. The zero-order valence-corrected chi connectivity index (χ0v) is 14.1. The van der Waals surface area contributed by atoms with E-state index in [1.807, 2.05) is 0 Å². The van der Waals surface area contributed by atoms with E-state index in [9.17, 15) is 14.3 Å². The van der Waals surface area contributed by atoms with Gasteiger partial charge in [0.2, 0.25) is 5.79 Å². The number of amides is 1. The maximum absolute atomic E-state index is 16.0.